The SMILES string of the molecule is CC12CCCCCCC1(C)N(c1ccccc1)c1ccc(-c3ccc4c(c3)C(c3ccccc3)(c3ccccc3)c3cc(-c5ccc6c(c5)C5(C)CCCCCCC5(C)N6c5ccccc5)ccc3-4)cc12. The first-order valence-corrected chi connectivity index (χ1v) is 27.1. The summed E-state index contributed by atoms with van der Waals surface area (Å²) in [7, 11) is 0. The monoisotopic (exact) mass is 925 g/mol. The summed E-state index contributed by atoms with van der Waals surface area (Å²) in [5.41, 5.74) is 21.0. The molecule has 71 heavy (non-hydrogen) atoms. The first-order chi connectivity index (χ1) is 34.7. The van der Waals surface area contributed by atoms with Gasteiger partial charge in [-0.1, -0.05) is 199 Å². The Bertz CT molecular complexity index is 3060. The molecule has 2 heteroatoms. The van der Waals surface area contributed by atoms with Gasteiger partial charge < -0.3 is 9.80 Å². The molecule has 0 spiro atoms. The van der Waals surface area contributed by atoms with Crippen LogP contribution < -0.4 is 9.80 Å². The summed E-state index contributed by atoms with van der Waals surface area (Å²) in [4.78, 5) is 5.45. The standard InChI is InChI=1S/C69H68N2/c1-65-41-21-5-7-23-43-67(65,3)70(55-29-17-11-18-30-55)63-39-35-51(47-61(63)65)49-33-37-57-58-38-34-50(46-60(58)69(59(57)45-49,53-25-13-9-14-26-53)54-27-15-10-16-28-54)52-36-40-64-62(48-52)66(2)42-22-6-8-24-44-68(66,4)71(64)56-31-19-12-20-32-56/h9-20,25-40,45-48H,5-8,21-24,41-44H2,1-4H3. The molecule has 2 aliphatic heterocycles. The third-order valence-corrected chi connectivity index (χ3v) is 19.5. The number of fused-ring (bicyclic) bond motifs is 9. The fraction of sp³-hybridized carbons (Fsp3) is 0.304. The van der Waals surface area contributed by atoms with E-state index in [-0.39, 0.29) is 21.9 Å². The molecule has 8 aromatic rings. The van der Waals surface area contributed by atoms with Crippen molar-refractivity contribution in [2.45, 2.75) is 132 Å². The highest BCUT2D eigenvalue weighted by Gasteiger charge is 2.58. The average molecular weight is 925 g/mol. The zero-order chi connectivity index (χ0) is 48.0. The molecule has 2 fully saturated rings. The third-order valence-electron chi connectivity index (χ3n) is 19.5. The van der Waals surface area contributed by atoms with Gasteiger partial charge in [0.05, 0.1) is 16.5 Å². The molecule has 4 unspecified atom stereocenters. The summed E-state index contributed by atoms with van der Waals surface area (Å²) >= 11 is 0. The van der Waals surface area contributed by atoms with Crippen LogP contribution in [0.1, 0.15) is 138 Å². The summed E-state index contributed by atoms with van der Waals surface area (Å²) in [6.07, 6.45) is 15.1. The molecule has 2 saturated carbocycles. The van der Waals surface area contributed by atoms with Crippen LogP contribution in [0.15, 0.2) is 194 Å². The summed E-state index contributed by atoms with van der Waals surface area (Å²) in [6, 6.07) is 75.1. The van der Waals surface area contributed by atoms with E-state index in [2.05, 4.69) is 232 Å². The van der Waals surface area contributed by atoms with Crippen LogP contribution in [0.5, 0.6) is 0 Å². The highest BCUT2D eigenvalue weighted by Crippen LogP contribution is 2.63. The van der Waals surface area contributed by atoms with E-state index >= 15 is 0 Å². The van der Waals surface area contributed by atoms with E-state index in [0.29, 0.717) is 0 Å². The number of nitrogens with zero attached hydrogens (tertiary/aromatic N) is 2. The molecule has 0 radical (unpaired) electrons. The van der Waals surface area contributed by atoms with Crippen molar-refractivity contribution in [3.8, 4) is 33.4 Å². The van der Waals surface area contributed by atoms with Crippen LogP contribution in [0.4, 0.5) is 22.7 Å². The number of para-hydroxylation sites is 2. The van der Waals surface area contributed by atoms with Gasteiger partial charge in [0.1, 0.15) is 0 Å². The van der Waals surface area contributed by atoms with Crippen LogP contribution in [0, 0.1) is 0 Å². The molecule has 13 rings (SSSR count). The summed E-state index contributed by atoms with van der Waals surface area (Å²) < 4.78 is 0. The quantitative estimate of drug-likeness (QED) is 0.164. The summed E-state index contributed by atoms with van der Waals surface area (Å²) in [6.45, 7) is 10.3. The number of anilines is 4. The van der Waals surface area contributed by atoms with Crippen molar-refractivity contribution in [2.24, 2.45) is 0 Å². The Morgan fingerprint density at radius 1 is 0.310 bits per heavy atom. The summed E-state index contributed by atoms with van der Waals surface area (Å²) in [5.74, 6) is 0. The maximum absolute atomic E-state index is 2.72. The maximum Gasteiger partial charge on any atom is 0.0713 e. The van der Waals surface area contributed by atoms with Crippen LogP contribution in [0.25, 0.3) is 33.4 Å². The minimum absolute atomic E-state index is 0.0126. The topological polar surface area (TPSA) is 6.48 Å². The molecule has 2 nitrogen and oxygen atoms in total. The van der Waals surface area contributed by atoms with Gasteiger partial charge in [0.2, 0.25) is 0 Å². The second-order valence-electron chi connectivity index (χ2n) is 22.8. The minimum atomic E-state index is -0.533. The van der Waals surface area contributed by atoms with Crippen LogP contribution in [-0.2, 0) is 16.2 Å². The zero-order valence-electron chi connectivity index (χ0n) is 42.4. The first-order valence-electron chi connectivity index (χ1n) is 27.1. The van der Waals surface area contributed by atoms with Crippen LogP contribution in [0.3, 0.4) is 0 Å². The molecular weight excluding hydrogens is 857 g/mol. The lowest BCUT2D eigenvalue weighted by molar-refractivity contribution is 0.218. The lowest BCUT2D eigenvalue weighted by atomic mass is 9.63. The number of rotatable bonds is 6. The lowest BCUT2D eigenvalue weighted by Gasteiger charge is -2.48. The Balaban J connectivity index is 0.981. The first kappa shape index (κ1) is 44.3. The van der Waals surface area contributed by atoms with E-state index in [1.54, 1.807) is 0 Å². The van der Waals surface area contributed by atoms with Crippen LogP contribution in [0.2, 0.25) is 0 Å². The van der Waals surface area contributed by atoms with Crippen molar-refractivity contribution in [3.05, 3.63) is 228 Å². The molecule has 2 heterocycles. The van der Waals surface area contributed by atoms with E-state index in [1.807, 2.05) is 0 Å². The van der Waals surface area contributed by atoms with Gasteiger partial charge in [-0.15, -0.1) is 0 Å². The Morgan fingerprint density at radius 2 is 0.634 bits per heavy atom. The van der Waals surface area contributed by atoms with E-state index in [4.69, 9.17) is 0 Å². The minimum Gasteiger partial charge on any atom is -0.334 e. The molecule has 0 bridgehead atoms. The fourth-order valence-electron chi connectivity index (χ4n) is 15.3. The second kappa shape index (κ2) is 16.7. The van der Waals surface area contributed by atoms with Gasteiger partial charge in [-0.05, 0) is 167 Å². The van der Waals surface area contributed by atoms with Crippen molar-refractivity contribution in [1.82, 2.24) is 0 Å². The zero-order valence-corrected chi connectivity index (χ0v) is 42.4. The molecule has 0 N–H and O–H groups in total. The highest BCUT2D eigenvalue weighted by molar-refractivity contribution is 5.91. The molecule has 354 valence electrons. The van der Waals surface area contributed by atoms with E-state index < -0.39 is 5.41 Å². The fourth-order valence-corrected chi connectivity index (χ4v) is 15.3. The normalized spacial score (nSPS) is 25.1. The number of benzene rings is 8. The van der Waals surface area contributed by atoms with Gasteiger partial charge in [-0.25, -0.2) is 0 Å². The van der Waals surface area contributed by atoms with Crippen molar-refractivity contribution in [1.29, 1.82) is 0 Å². The molecule has 0 aromatic heterocycles. The van der Waals surface area contributed by atoms with Crippen molar-refractivity contribution < 1.29 is 0 Å². The number of hydrogen-bond donors (Lipinski definition) is 0. The largest absolute Gasteiger partial charge is 0.334 e. The van der Waals surface area contributed by atoms with E-state index in [0.717, 1.165) is 0 Å². The van der Waals surface area contributed by atoms with Crippen LogP contribution in [-0.4, -0.2) is 11.1 Å². The average Bonchev–Trinajstić information content (AvgIpc) is 3.87. The molecule has 0 saturated heterocycles. The Hall–Kier alpha value is -6.64. The van der Waals surface area contributed by atoms with Gasteiger partial charge in [0.15, 0.2) is 0 Å². The van der Waals surface area contributed by atoms with Crippen molar-refractivity contribution >= 4 is 22.7 Å². The second-order valence-corrected chi connectivity index (χ2v) is 22.8. The van der Waals surface area contributed by atoms with Crippen LogP contribution >= 0.6 is 0 Å². The van der Waals surface area contributed by atoms with E-state index in [9.17, 15) is 0 Å². The molecule has 5 aliphatic rings. The van der Waals surface area contributed by atoms with Gasteiger partial charge in [0, 0.05) is 33.6 Å². The molecule has 8 aromatic carbocycles. The van der Waals surface area contributed by atoms with Crippen molar-refractivity contribution in [3.63, 3.8) is 0 Å². The molecule has 0 amide bonds. The van der Waals surface area contributed by atoms with Gasteiger partial charge >= 0.3 is 0 Å². The van der Waals surface area contributed by atoms with Gasteiger partial charge in [-0.2, -0.15) is 0 Å². The maximum atomic E-state index is 2.72. The van der Waals surface area contributed by atoms with Gasteiger partial charge in [0.25, 0.3) is 0 Å². The predicted molar refractivity (Wildman–Crippen MR) is 299 cm³/mol. The molecule has 3 aliphatic carbocycles. The Kier molecular flexibility index (Phi) is 10.4. The molecular formula is C69H68N2. The predicted octanol–water partition coefficient (Wildman–Crippen LogP) is 18.4. The highest BCUT2D eigenvalue weighted by atomic mass is 15.3. The Labute approximate surface area is 423 Å². The van der Waals surface area contributed by atoms with E-state index in [1.165, 1.54) is 167 Å². The number of hydrogen-bond acceptors (Lipinski definition) is 2. The summed E-state index contributed by atoms with van der Waals surface area (Å²) in [5, 5.41) is 0. The van der Waals surface area contributed by atoms with Gasteiger partial charge in [-0.3, -0.25) is 0 Å². The van der Waals surface area contributed by atoms with Crippen molar-refractivity contribution in [2.75, 3.05) is 9.80 Å². The molecule has 4 atom stereocenters. The Morgan fingerprint density at radius 3 is 1.01 bits per heavy atom. The third kappa shape index (κ3) is 6.38. The lowest BCUT2D eigenvalue weighted by Crippen LogP contribution is -2.53. The smallest absolute Gasteiger partial charge is 0.0713 e.